The van der Waals surface area contributed by atoms with E-state index < -0.39 is 11.4 Å². The molecule has 4 nitrogen and oxygen atoms in total. The maximum absolute atomic E-state index is 12.0. The van der Waals surface area contributed by atoms with Gasteiger partial charge in [-0.2, -0.15) is 0 Å². The summed E-state index contributed by atoms with van der Waals surface area (Å²) in [6.07, 6.45) is 4.27. The molecule has 1 amide bonds. The molecule has 0 unspecified atom stereocenters. The fourth-order valence-corrected chi connectivity index (χ4v) is 3.47. The summed E-state index contributed by atoms with van der Waals surface area (Å²) in [7, 11) is 0. The largest absolute Gasteiger partial charge is 0.481 e. The van der Waals surface area contributed by atoms with Gasteiger partial charge in [0.25, 0.3) is 5.91 Å². The molecule has 0 radical (unpaired) electrons. The van der Waals surface area contributed by atoms with Gasteiger partial charge in [-0.3, -0.25) is 9.59 Å². The van der Waals surface area contributed by atoms with Gasteiger partial charge in [0.05, 0.1) is 10.3 Å². The van der Waals surface area contributed by atoms with Gasteiger partial charge < -0.3 is 10.4 Å². The Bertz CT molecular complexity index is 475. The minimum absolute atomic E-state index is 0.154. The van der Waals surface area contributed by atoms with Gasteiger partial charge in [-0.25, -0.2) is 0 Å². The van der Waals surface area contributed by atoms with Gasteiger partial charge in [0.1, 0.15) is 0 Å². The number of carboxylic acids is 1. The second-order valence-electron chi connectivity index (χ2n) is 5.26. The maximum atomic E-state index is 12.0. The molecule has 2 N–H and O–H groups in total. The van der Waals surface area contributed by atoms with Gasteiger partial charge in [0, 0.05) is 6.54 Å². The summed E-state index contributed by atoms with van der Waals surface area (Å²) in [5.74, 6) is -0.936. The number of aliphatic carboxylic acids is 1. The second-order valence-corrected chi connectivity index (χ2v) is 6.18. The zero-order chi connectivity index (χ0) is 13.9. The van der Waals surface area contributed by atoms with E-state index in [9.17, 15) is 14.7 Å². The van der Waals surface area contributed by atoms with Gasteiger partial charge >= 0.3 is 5.97 Å². The Morgan fingerprint density at radius 2 is 2.05 bits per heavy atom. The molecule has 19 heavy (non-hydrogen) atoms. The Kier molecular flexibility index (Phi) is 4.24. The Balaban J connectivity index is 2.02. The highest BCUT2D eigenvalue weighted by atomic mass is 32.1. The Morgan fingerprint density at radius 1 is 1.37 bits per heavy atom. The van der Waals surface area contributed by atoms with Crippen LogP contribution in [0.5, 0.6) is 0 Å². The average molecular weight is 281 g/mol. The number of nitrogens with one attached hydrogen (secondary N) is 1. The molecule has 0 saturated heterocycles. The fraction of sp³-hybridized carbons (Fsp3) is 0.571. The molecular weight excluding hydrogens is 262 g/mol. The van der Waals surface area contributed by atoms with E-state index in [1.165, 1.54) is 11.3 Å². The van der Waals surface area contributed by atoms with Gasteiger partial charge in [-0.15, -0.1) is 11.3 Å². The van der Waals surface area contributed by atoms with Crippen molar-refractivity contribution in [2.75, 3.05) is 6.54 Å². The van der Waals surface area contributed by atoms with Crippen LogP contribution < -0.4 is 5.32 Å². The van der Waals surface area contributed by atoms with Crippen LogP contribution in [0.1, 0.15) is 47.3 Å². The van der Waals surface area contributed by atoms with Gasteiger partial charge in [0.15, 0.2) is 0 Å². The summed E-state index contributed by atoms with van der Waals surface area (Å²) in [5, 5.41) is 14.1. The van der Waals surface area contributed by atoms with Crippen molar-refractivity contribution >= 4 is 23.2 Å². The zero-order valence-corrected chi connectivity index (χ0v) is 11.9. The van der Waals surface area contributed by atoms with E-state index in [1.807, 2.05) is 18.4 Å². The monoisotopic (exact) mass is 281 g/mol. The van der Waals surface area contributed by atoms with Crippen molar-refractivity contribution in [2.45, 2.75) is 39.0 Å². The molecular formula is C14H19NO3S. The lowest BCUT2D eigenvalue weighted by atomic mass is 9.74. The van der Waals surface area contributed by atoms with Crippen LogP contribution in [0.3, 0.4) is 0 Å². The lowest BCUT2D eigenvalue weighted by Gasteiger charge is -2.33. The SMILES string of the molecule is Cc1ccsc1C(=O)NCC1(C(=O)O)CCCCC1. The summed E-state index contributed by atoms with van der Waals surface area (Å²) >= 11 is 1.39. The maximum Gasteiger partial charge on any atom is 0.311 e. The Hall–Kier alpha value is -1.36. The third-order valence-electron chi connectivity index (χ3n) is 3.92. The number of carboxylic acid groups (broad SMARTS) is 1. The molecule has 1 aromatic heterocycles. The minimum atomic E-state index is -0.782. The van der Waals surface area contributed by atoms with Crippen molar-refractivity contribution in [3.8, 4) is 0 Å². The van der Waals surface area contributed by atoms with E-state index >= 15 is 0 Å². The van der Waals surface area contributed by atoms with Crippen molar-refractivity contribution < 1.29 is 14.7 Å². The van der Waals surface area contributed by atoms with Crippen molar-refractivity contribution in [2.24, 2.45) is 5.41 Å². The number of carbonyl (C=O) groups is 2. The first-order valence-corrected chi connectivity index (χ1v) is 7.49. The number of amides is 1. The Labute approximate surface area is 116 Å². The number of hydrogen-bond donors (Lipinski definition) is 2. The molecule has 5 heteroatoms. The summed E-state index contributed by atoms with van der Waals surface area (Å²) in [5.41, 5.74) is 0.175. The highest BCUT2D eigenvalue weighted by Crippen LogP contribution is 2.36. The normalized spacial score (nSPS) is 17.9. The lowest BCUT2D eigenvalue weighted by Crippen LogP contribution is -2.44. The highest BCUT2D eigenvalue weighted by Gasteiger charge is 2.39. The summed E-state index contributed by atoms with van der Waals surface area (Å²) in [6.45, 7) is 2.12. The molecule has 1 aliphatic rings. The molecule has 1 aromatic rings. The van der Waals surface area contributed by atoms with Gasteiger partial charge in [0.2, 0.25) is 0 Å². The van der Waals surface area contributed by atoms with Crippen LogP contribution in [-0.4, -0.2) is 23.5 Å². The van der Waals surface area contributed by atoms with E-state index in [0.717, 1.165) is 24.8 Å². The first-order chi connectivity index (χ1) is 9.05. The fourth-order valence-electron chi connectivity index (χ4n) is 2.63. The quantitative estimate of drug-likeness (QED) is 0.891. The molecule has 2 rings (SSSR count). The van der Waals surface area contributed by atoms with Crippen LogP contribution >= 0.6 is 11.3 Å². The molecule has 0 spiro atoms. The first-order valence-electron chi connectivity index (χ1n) is 6.61. The third kappa shape index (κ3) is 2.97. The van der Waals surface area contributed by atoms with Crippen molar-refractivity contribution in [3.05, 3.63) is 21.9 Å². The smallest absolute Gasteiger partial charge is 0.311 e. The number of thiophene rings is 1. The predicted octanol–water partition coefficient (Wildman–Crippen LogP) is 2.82. The molecule has 104 valence electrons. The topological polar surface area (TPSA) is 66.4 Å². The van der Waals surface area contributed by atoms with Crippen molar-refractivity contribution in [1.29, 1.82) is 0 Å². The molecule has 0 aliphatic heterocycles. The number of carbonyl (C=O) groups excluding carboxylic acids is 1. The summed E-state index contributed by atoms with van der Waals surface area (Å²) in [4.78, 5) is 24.2. The molecule has 1 aliphatic carbocycles. The number of hydrogen-bond acceptors (Lipinski definition) is 3. The minimum Gasteiger partial charge on any atom is -0.481 e. The molecule has 1 saturated carbocycles. The van der Waals surface area contributed by atoms with E-state index in [4.69, 9.17) is 0 Å². The first kappa shape index (κ1) is 14.1. The van der Waals surface area contributed by atoms with Crippen molar-refractivity contribution in [1.82, 2.24) is 5.32 Å². The van der Waals surface area contributed by atoms with Crippen LogP contribution in [0.4, 0.5) is 0 Å². The second kappa shape index (κ2) is 5.74. The lowest BCUT2D eigenvalue weighted by molar-refractivity contribution is -0.150. The number of rotatable bonds is 4. The van der Waals surface area contributed by atoms with Crippen LogP contribution in [0.25, 0.3) is 0 Å². The summed E-state index contributed by atoms with van der Waals surface area (Å²) < 4.78 is 0. The van der Waals surface area contributed by atoms with Crippen LogP contribution in [0.2, 0.25) is 0 Å². The van der Waals surface area contributed by atoms with E-state index in [0.29, 0.717) is 17.7 Å². The van der Waals surface area contributed by atoms with Gasteiger partial charge in [-0.1, -0.05) is 19.3 Å². The zero-order valence-electron chi connectivity index (χ0n) is 11.1. The molecule has 0 atom stereocenters. The molecule has 0 bridgehead atoms. The standard InChI is InChI=1S/C14H19NO3S/c1-10-5-8-19-11(10)12(16)15-9-14(13(17)18)6-3-2-4-7-14/h5,8H,2-4,6-7,9H2,1H3,(H,15,16)(H,17,18). The van der Waals surface area contributed by atoms with Crippen LogP contribution in [-0.2, 0) is 4.79 Å². The van der Waals surface area contributed by atoms with Gasteiger partial charge in [-0.05, 0) is 36.8 Å². The number of aryl methyl sites for hydroxylation is 1. The summed E-state index contributed by atoms with van der Waals surface area (Å²) in [6, 6.07) is 1.90. The van der Waals surface area contributed by atoms with Crippen LogP contribution in [0.15, 0.2) is 11.4 Å². The van der Waals surface area contributed by atoms with E-state index in [2.05, 4.69) is 5.32 Å². The molecule has 1 fully saturated rings. The molecule has 0 aromatic carbocycles. The highest BCUT2D eigenvalue weighted by molar-refractivity contribution is 7.12. The average Bonchev–Trinajstić information content (AvgIpc) is 2.83. The van der Waals surface area contributed by atoms with E-state index in [1.54, 1.807) is 0 Å². The van der Waals surface area contributed by atoms with E-state index in [-0.39, 0.29) is 12.5 Å². The molecule has 1 heterocycles. The third-order valence-corrected chi connectivity index (χ3v) is 4.94. The van der Waals surface area contributed by atoms with Crippen LogP contribution in [0, 0.1) is 12.3 Å². The van der Waals surface area contributed by atoms with Crippen molar-refractivity contribution in [3.63, 3.8) is 0 Å². The Morgan fingerprint density at radius 3 is 2.58 bits per heavy atom. The predicted molar refractivity (Wildman–Crippen MR) is 74.5 cm³/mol.